The summed E-state index contributed by atoms with van der Waals surface area (Å²) in [4.78, 5) is 31.0. The van der Waals surface area contributed by atoms with E-state index in [1.165, 1.54) is 15.9 Å². The molecule has 1 rings (SSSR count). The van der Waals surface area contributed by atoms with Crippen molar-refractivity contribution in [3.8, 4) is 0 Å². The van der Waals surface area contributed by atoms with Gasteiger partial charge in [-0.3, -0.25) is 9.59 Å². The van der Waals surface area contributed by atoms with Crippen LogP contribution >= 0.6 is 23.2 Å². The van der Waals surface area contributed by atoms with Crippen molar-refractivity contribution in [2.24, 2.45) is 0 Å². The maximum absolute atomic E-state index is 12.5. The van der Waals surface area contributed by atoms with Crippen LogP contribution in [-0.2, 0) is 4.79 Å². The Hall–Kier alpha value is -1.33. The SMILES string of the molecule is CCN(CC(=O)N(C)C)C(=O)c1cc(Cl)nc(Cl)c1C. The van der Waals surface area contributed by atoms with Crippen LogP contribution in [0.3, 0.4) is 0 Å². The predicted molar refractivity (Wildman–Crippen MR) is 79.3 cm³/mol. The van der Waals surface area contributed by atoms with Crippen LogP contribution in [-0.4, -0.2) is 53.8 Å². The molecule has 1 heterocycles. The summed E-state index contributed by atoms with van der Waals surface area (Å²) in [6.07, 6.45) is 0. The normalized spacial score (nSPS) is 10.3. The van der Waals surface area contributed by atoms with Crippen molar-refractivity contribution in [1.82, 2.24) is 14.8 Å². The van der Waals surface area contributed by atoms with Crippen molar-refractivity contribution < 1.29 is 9.59 Å². The van der Waals surface area contributed by atoms with E-state index in [1.54, 1.807) is 27.9 Å². The monoisotopic (exact) mass is 317 g/mol. The first-order valence-corrected chi connectivity index (χ1v) is 6.85. The molecule has 2 amide bonds. The number of rotatable bonds is 4. The highest BCUT2D eigenvalue weighted by atomic mass is 35.5. The molecule has 1 aromatic heterocycles. The van der Waals surface area contributed by atoms with E-state index in [1.807, 2.05) is 0 Å². The Balaban J connectivity index is 3.06. The Bertz CT molecular complexity index is 533. The van der Waals surface area contributed by atoms with Crippen molar-refractivity contribution >= 4 is 35.0 Å². The molecule has 0 unspecified atom stereocenters. The second kappa shape index (κ2) is 6.90. The number of halogens is 2. The summed E-state index contributed by atoms with van der Waals surface area (Å²) in [5, 5.41) is 0.342. The summed E-state index contributed by atoms with van der Waals surface area (Å²) in [5.41, 5.74) is 0.917. The average Bonchev–Trinajstić information content (AvgIpc) is 2.38. The fourth-order valence-corrected chi connectivity index (χ4v) is 2.00. The number of hydrogen-bond donors (Lipinski definition) is 0. The molecule has 0 spiro atoms. The summed E-state index contributed by atoms with van der Waals surface area (Å²) >= 11 is 11.8. The number of carbonyl (C=O) groups is 2. The zero-order valence-electron chi connectivity index (χ0n) is 11.9. The van der Waals surface area contributed by atoms with Crippen molar-refractivity contribution in [2.75, 3.05) is 27.2 Å². The van der Waals surface area contributed by atoms with Crippen molar-refractivity contribution in [3.05, 3.63) is 27.5 Å². The van der Waals surface area contributed by atoms with E-state index >= 15 is 0 Å². The highest BCUT2D eigenvalue weighted by Crippen LogP contribution is 2.22. The molecule has 0 aromatic carbocycles. The number of pyridine rings is 1. The fraction of sp³-hybridized carbons (Fsp3) is 0.462. The first kappa shape index (κ1) is 16.7. The lowest BCUT2D eigenvalue weighted by atomic mass is 10.1. The number of likely N-dealkylation sites (N-methyl/N-ethyl adjacent to an activating group) is 2. The van der Waals surface area contributed by atoms with Gasteiger partial charge >= 0.3 is 0 Å². The van der Waals surface area contributed by atoms with E-state index in [0.29, 0.717) is 17.7 Å². The molecule has 0 aliphatic rings. The van der Waals surface area contributed by atoms with Crippen LogP contribution in [0, 0.1) is 6.92 Å². The Morgan fingerprint density at radius 2 is 1.90 bits per heavy atom. The molecule has 7 heteroatoms. The van der Waals surface area contributed by atoms with Gasteiger partial charge in [0, 0.05) is 26.2 Å². The Kier molecular flexibility index (Phi) is 5.77. The molecule has 5 nitrogen and oxygen atoms in total. The summed E-state index contributed by atoms with van der Waals surface area (Å²) < 4.78 is 0. The number of hydrogen-bond acceptors (Lipinski definition) is 3. The van der Waals surface area contributed by atoms with Gasteiger partial charge in [-0.05, 0) is 25.5 Å². The number of nitrogens with zero attached hydrogens (tertiary/aromatic N) is 3. The third-order valence-corrected chi connectivity index (χ3v) is 3.47. The molecule has 20 heavy (non-hydrogen) atoms. The zero-order chi connectivity index (χ0) is 15.4. The molecular formula is C13H17Cl2N3O2. The van der Waals surface area contributed by atoms with E-state index in [-0.39, 0.29) is 28.7 Å². The third-order valence-electron chi connectivity index (χ3n) is 2.91. The van der Waals surface area contributed by atoms with Crippen molar-refractivity contribution in [3.63, 3.8) is 0 Å². The molecule has 0 radical (unpaired) electrons. The molecular weight excluding hydrogens is 301 g/mol. The lowest BCUT2D eigenvalue weighted by Gasteiger charge is -2.23. The average molecular weight is 318 g/mol. The number of aromatic nitrogens is 1. The molecule has 1 aromatic rings. The summed E-state index contributed by atoms with van der Waals surface area (Å²) in [6, 6.07) is 1.47. The molecule has 0 fully saturated rings. The Labute approximate surface area is 128 Å². The molecule has 0 N–H and O–H groups in total. The topological polar surface area (TPSA) is 53.5 Å². The smallest absolute Gasteiger partial charge is 0.254 e. The third kappa shape index (κ3) is 3.84. The molecule has 0 saturated carbocycles. The number of amides is 2. The quantitative estimate of drug-likeness (QED) is 0.800. The van der Waals surface area contributed by atoms with Gasteiger partial charge in [-0.2, -0.15) is 0 Å². The maximum atomic E-state index is 12.5. The number of carbonyl (C=O) groups excluding carboxylic acids is 2. The first-order chi connectivity index (χ1) is 9.27. The largest absolute Gasteiger partial charge is 0.347 e. The van der Waals surface area contributed by atoms with Crippen LogP contribution in [0.15, 0.2) is 6.07 Å². The maximum Gasteiger partial charge on any atom is 0.254 e. The van der Waals surface area contributed by atoms with Crippen LogP contribution in [0.25, 0.3) is 0 Å². The first-order valence-electron chi connectivity index (χ1n) is 6.10. The lowest BCUT2D eigenvalue weighted by Crippen LogP contribution is -2.40. The minimum atomic E-state index is -0.286. The minimum absolute atomic E-state index is 0.0132. The van der Waals surface area contributed by atoms with Gasteiger partial charge in [-0.25, -0.2) is 4.98 Å². The lowest BCUT2D eigenvalue weighted by molar-refractivity contribution is -0.129. The molecule has 0 saturated heterocycles. The summed E-state index contributed by atoms with van der Waals surface area (Å²) in [7, 11) is 3.29. The zero-order valence-corrected chi connectivity index (χ0v) is 13.4. The van der Waals surface area contributed by atoms with E-state index in [9.17, 15) is 9.59 Å². The molecule has 110 valence electrons. The van der Waals surface area contributed by atoms with Gasteiger partial charge < -0.3 is 9.80 Å². The van der Waals surface area contributed by atoms with Gasteiger partial charge in [0.1, 0.15) is 10.3 Å². The highest BCUT2D eigenvalue weighted by molar-refractivity contribution is 6.33. The van der Waals surface area contributed by atoms with Crippen molar-refractivity contribution in [2.45, 2.75) is 13.8 Å². The van der Waals surface area contributed by atoms with Gasteiger partial charge in [0.25, 0.3) is 5.91 Å². The minimum Gasteiger partial charge on any atom is -0.347 e. The standard InChI is InChI=1S/C13H17Cl2N3O2/c1-5-18(7-11(19)17(3)4)13(20)9-6-10(14)16-12(15)8(9)2/h6H,5,7H2,1-4H3. The molecule has 0 aliphatic carbocycles. The molecule has 0 atom stereocenters. The van der Waals surface area contributed by atoms with Gasteiger partial charge in [0.2, 0.25) is 5.91 Å². The van der Waals surface area contributed by atoms with Gasteiger partial charge in [-0.1, -0.05) is 23.2 Å². The molecule has 0 aliphatic heterocycles. The highest BCUT2D eigenvalue weighted by Gasteiger charge is 2.21. The van der Waals surface area contributed by atoms with Gasteiger partial charge in [0.15, 0.2) is 0 Å². The predicted octanol–water partition coefficient (Wildman–Crippen LogP) is 2.25. The Morgan fingerprint density at radius 1 is 1.30 bits per heavy atom. The van der Waals surface area contributed by atoms with Crippen LogP contribution in [0.4, 0.5) is 0 Å². The van der Waals surface area contributed by atoms with Crippen LogP contribution in [0.1, 0.15) is 22.8 Å². The van der Waals surface area contributed by atoms with Gasteiger partial charge in [-0.15, -0.1) is 0 Å². The Morgan fingerprint density at radius 3 is 2.40 bits per heavy atom. The second-order valence-corrected chi connectivity index (χ2v) is 5.26. The van der Waals surface area contributed by atoms with Gasteiger partial charge in [0.05, 0.1) is 6.54 Å². The molecule has 0 bridgehead atoms. The summed E-state index contributed by atoms with van der Waals surface area (Å²) in [6.45, 7) is 3.93. The van der Waals surface area contributed by atoms with E-state index < -0.39 is 0 Å². The van der Waals surface area contributed by atoms with Crippen LogP contribution in [0.5, 0.6) is 0 Å². The van der Waals surface area contributed by atoms with Crippen LogP contribution < -0.4 is 0 Å². The summed E-state index contributed by atoms with van der Waals surface area (Å²) in [5.74, 6) is -0.435. The van der Waals surface area contributed by atoms with E-state index in [2.05, 4.69) is 4.98 Å². The van der Waals surface area contributed by atoms with Crippen molar-refractivity contribution in [1.29, 1.82) is 0 Å². The van der Waals surface area contributed by atoms with E-state index in [0.717, 1.165) is 0 Å². The van der Waals surface area contributed by atoms with E-state index in [4.69, 9.17) is 23.2 Å². The second-order valence-electron chi connectivity index (χ2n) is 4.52. The fourth-order valence-electron chi connectivity index (χ4n) is 1.57. The van der Waals surface area contributed by atoms with Crippen LogP contribution in [0.2, 0.25) is 10.3 Å².